The fourth-order valence-corrected chi connectivity index (χ4v) is 6.98. The first-order valence-corrected chi connectivity index (χ1v) is 24.1. The van der Waals surface area contributed by atoms with E-state index in [0.717, 1.165) is 24.3 Å². The smallest absolute Gasteiger partial charge is 0.744 e. The molecule has 0 atom stereocenters. The van der Waals surface area contributed by atoms with Crippen LogP contribution in [0.5, 0.6) is 0 Å². The zero-order chi connectivity index (χ0) is 46.8. The number of Topliss-reactive ketones (excluding diaryl/α,β-unsaturated/α-hetero) is 1. The number of azo groups is 1. The maximum absolute atomic E-state index is 13.2. The number of hydrogen-bond acceptors (Lipinski definition) is 25. The Morgan fingerprint density at radius 1 is 0.662 bits per heavy atom. The number of carbonyl (C=O) groups is 1. The number of sulfone groups is 2. The van der Waals surface area contributed by atoms with Crippen LogP contribution in [0.1, 0.15) is 15.9 Å². The number of nitrogens with one attached hydrogen (secondary N) is 1. The van der Waals surface area contributed by atoms with Crippen LogP contribution in [-0.2, 0) is 71.3 Å². The summed E-state index contributed by atoms with van der Waals surface area (Å²) in [7, 11) is -31.3. The molecule has 1 aliphatic rings. The Morgan fingerprint density at radius 2 is 1.06 bits per heavy atom. The molecule has 27 nitrogen and oxygen atoms in total. The quantitative estimate of drug-likeness (QED) is 0.0278. The number of anilines is 2. The SMILES string of the molecule is O=S(=O)([O-])O.O=S(=O)([O-])O.O=S(=O)=O.[CH2-]CS(=O)(=O)c1ccc(N=Nc2c(N)ccc3c2C=[C-]C(=NNc2ccc(S(=O)(=O)C[CH2-])cc2S(=O)(=O)[O-])C3=O)c(S(=O)(=O)[O-])c1.[Na+].[Na+].[Na+].[Na+].[Na+]. The van der Waals surface area contributed by atoms with Crippen LogP contribution in [0.15, 0.2) is 83.4 Å². The van der Waals surface area contributed by atoms with Crippen LogP contribution in [0.3, 0.4) is 0 Å². The molecule has 0 amide bonds. The Labute approximate surface area is 484 Å². The van der Waals surface area contributed by atoms with Gasteiger partial charge < -0.3 is 42.6 Å². The van der Waals surface area contributed by atoms with E-state index >= 15 is 0 Å². The molecule has 0 aliphatic heterocycles. The fraction of sp³-hybridized carbons (Fsp3) is 0.0769. The van der Waals surface area contributed by atoms with Crippen molar-refractivity contribution in [2.75, 3.05) is 22.7 Å². The molecule has 3 aromatic carbocycles. The van der Waals surface area contributed by atoms with E-state index in [9.17, 15) is 47.6 Å². The number of benzene rings is 3. The molecule has 0 saturated heterocycles. The maximum atomic E-state index is 13.2. The van der Waals surface area contributed by atoms with E-state index in [2.05, 4.69) is 40.7 Å². The third-order valence-electron chi connectivity index (χ3n) is 6.29. The third-order valence-corrected chi connectivity index (χ3v) is 11.0. The Morgan fingerprint density at radius 3 is 1.46 bits per heavy atom. The molecule has 39 heteroatoms. The standard InChI is InChI=1S/C26H22N5O11S4.5Na.2H2O4S.O3S/c1-3-43(33,34)15-5-10-20(23(13-15)45(37,38)39)28-30-22-12-8-17-18(26(22)32)7-9-19(27)25(17)31-29-21-11-6-16(44(35,36)4-2)14-24(21)46(40,41)42;;;;;;2*1-5(2,3)4;1-4(2)3/h5-11,13-14,28H,1-4,27H2,(H,37,38,39)(H,40,41,42);;;;;;2*(H2,1,2,3,4);/q-3;5*+1;;;/p-4. The van der Waals surface area contributed by atoms with Crippen molar-refractivity contribution in [3.63, 3.8) is 0 Å². The van der Waals surface area contributed by atoms with Crippen molar-refractivity contribution in [2.45, 2.75) is 19.6 Å². The number of hydrazone groups is 1. The number of fused-ring (bicyclic) bond motifs is 1. The number of hydrogen-bond donors (Lipinski definition) is 4. The van der Waals surface area contributed by atoms with Crippen LogP contribution in [0.2, 0.25) is 0 Å². The molecular formula is C26H22N5Na5O22S7-2. The predicted octanol–water partition coefficient (Wildman–Crippen LogP) is -15.8. The van der Waals surface area contributed by atoms with Crippen molar-refractivity contribution in [3.8, 4) is 0 Å². The Bertz CT molecular complexity index is 3030. The molecule has 0 aromatic heterocycles. The zero-order valence-electron chi connectivity index (χ0n) is 33.9. The van der Waals surface area contributed by atoms with Crippen molar-refractivity contribution < 1.29 is 243 Å². The summed E-state index contributed by atoms with van der Waals surface area (Å²) in [5.74, 6) is -2.01. The van der Waals surface area contributed by atoms with E-state index in [1.807, 2.05) is 0 Å². The van der Waals surface area contributed by atoms with Crippen LogP contribution in [0, 0.1) is 19.9 Å². The number of nitrogen functional groups attached to an aromatic ring is 1. The number of carbonyl (C=O) groups excluding carboxylic acids is 1. The van der Waals surface area contributed by atoms with Gasteiger partial charge >= 0.3 is 158 Å². The third kappa shape index (κ3) is 26.7. The van der Waals surface area contributed by atoms with Crippen molar-refractivity contribution in [1.82, 2.24) is 0 Å². The summed E-state index contributed by atoms with van der Waals surface area (Å²) in [6, 6.07) is 7.77. The van der Waals surface area contributed by atoms with Crippen molar-refractivity contribution in [1.29, 1.82) is 0 Å². The van der Waals surface area contributed by atoms with Gasteiger partial charge in [-0.15, -0.1) is 12.6 Å². The summed E-state index contributed by atoms with van der Waals surface area (Å²) >= 11 is 0. The molecule has 0 heterocycles. The van der Waals surface area contributed by atoms with Crippen molar-refractivity contribution in [2.24, 2.45) is 15.3 Å². The number of ketones is 1. The van der Waals surface area contributed by atoms with E-state index < -0.39 is 125 Å². The second kappa shape index (κ2) is 30.7. The number of rotatable bonds is 10. The molecule has 5 N–H and O–H groups in total. The van der Waals surface area contributed by atoms with E-state index in [0.29, 0.717) is 12.1 Å². The average Bonchev–Trinajstić information content (AvgIpc) is 3.08. The molecule has 1 aliphatic carbocycles. The van der Waals surface area contributed by atoms with Gasteiger partial charge in [0.2, 0.25) is 20.8 Å². The Balaban J connectivity index is -0.000000552. The van der Waals surface area contributed by atoms with Crippen LogP contribution in [0.25, 0.3) is 6.08 Å². The molecular weight excluding hydrogens is 1070 g/mol. The second-order valence-electron chi connectivity index (χ2n) is 10.2. The van der Waals surface area contributed by atoms with Crippen LogP contribution < -0.4 is 159 Å². The van der Waals surface area contributed by atoms with Crippen LogP contribution in [-0.4, -0.2) is 113 Å². The summed E-state index contributed by atoms with van der Waals surface area (Å²) < 4.78 is 211. The number of allylic oxidation sites excluding steroid dienone is 1. The molecule has 0 saturated carbocycles. The Kier molecular flexibility index (Phi) is 34.9. The van der Waals surface area contributed by atoms with E-state index in [-0.39, 0.29) is 170 Å². The summed E-state index contributed by atoms with van der Waals surface area (Å²) in [6.07, 6.45) is 3.74. The Hall–Kier alpha value is 0.0200. The normalized spacial score (nSPS) is 12.7. The van der Waals surface area contributed by atoms with Gasteiger partial charge in [-0.25, -0.2) is 50.5 Å². The minimum absolute atomic E-state index is 0. The molecule has 0 unspecified atom stereocenters. The van der Waals surface area contributed by atoms with Gasteiger partial charge in [0.05, 0.1) is 36.7 Å². The summed E-state index contributed by atoms with van der Waals surface area (Å²) in [6.45, 7) is 6.52. The van der Waals surface area contributed by atoms with Gasteiger partial charge in [0.1, 0.15) is 25.9 Å². The second-order valence-corrected chi connectivity index (χ2v) is 19.3. The van der Waals surface area contributed by atoms with E-state index in [4.69, 9.17) is 53.4 Å². The summed E-state index contributed by atoms with van der Waals surface area (Å²) in [5.41, 5.74) is 6.67. The van der Waals surface area contributed by atoms with Gasteiger partial charge in [0.25, 0.3) is 0 Å². The minimum atomic E-state index is -5.23. The topological polar surface area (TPSA) is 481 Å². The molecule has 332 valence electrons. The number of nitrogens with two attached hydrogens (primary N) is 1. The largest absolute Gasteiger partial charge is 1.00 e. The van der Waals surface area contributed by atoms with Gasteiger partial charge in [0.15, 0.2) is 19.7 Å². The molecule has 4 rings (SSSR count). The average molecular weight is 1100 g/mol. The van der Waals surface area contributed by atoms with Gasteiger partial charge in [0, 0.05) is 11.4 Å². The minimum Gasteiger partial charge on any atom is -0.744 e. The maximum Gasteiger partial charge on any atom is 1.00 e. The molecule has 65 heavy (non-hydrogen) atoms. The molecule has 0 spiro atoms. The van der Waals surface area contributed by atoms with Crippen LogP contribution in [0.4, 0.5) is 22.7 Å². The zero-order valence-corrected chi connectivity index (χ0v) is 49.6. The van der Waals surface area contributed by atoms with Gasteiger partial charge in [-0.05, 0) is 42.5 Å². The van der Waals surface area contributed by atoms with E-state index in [1.165, 1.54) is 18.2 Å². The van der Waals surface area contributed by atoms with Gasteiger partial charge in [-0.2, -0.15) is 27.5 Å². The fourth-order valence-electron chi connectivity index (χ4n) is 3.92. The van der Waals surface area contributed by atoms with Crippen molar-refractivity contribution in [3.05, 3.63) is 79.6 Å². The molecule has 0 bridgehead atoms. The molecule has 0 fully saturated rings. The van der Waals surface area contributed by atoms with Gasteiger partial charge in [-0.3, -0.25) is 14.5 Å². The van der Waals surface area contributed by atoms with E-state index in [1.54, 1.807) is 0 Å². The number of nitrogens with zero attached hydrogens (tertiary/aromatic N) is 3. The summed E-state index contributed by atoms with van der Waals surface area (Å²) in [4.78, 5) is 10.3. The monoisotopic (exact) mass is 1090 g/mol. The molecule has 3 aromatic rings. The summed E-state index contributed by atoms with van der Waals surface area (Å²) in [5, 5.41) is 11.5. The molecule has 0 radical (unpaired) electrons. The van der Waals surface area contributed by atoms with Crippen molar-refractivity contribution >= 4 is 112 Å². The van der Waals surface area contributed by atoms with Gasteiger partial charge in [-0.1, -0.05) is 28.7 Å². The first-order valence-electron chi connectivity index (χ1n) is 14.2. The first kappa shape index (κ1) is 74.0. The van der Waals surface area contributed by atoms with Crippen LogP contribution >= 0.6 is 0 Å². The first-order chi connectivity index (χ1) is 27.0. The predicted molar refractivity (Wildman–Crippen MR) is 196 cm³/mol.